The van der Waals surface area contributed by atoms with E-state index in [4.69, 9.17) is 5.73 Å². The maximum atomic E-state index is 12.0. The first-order valence-corrected chi connectivity index (χ1v) is 6.34. The highest BCUT2D eigenvalue weighted by molar-refractivity contribution is 5.93. The lowest BCUT2D eigenvalue weighted by atomic mass is 10.2. The molecule has 0 aliphatic carbocycles. The van der Waals surface area contributed by atoms with Crippen LogP contribution in [0.4, 0.5) is 11.4 Å². The molecule has 1 aromatic carbocycles. The van der Waals surface area contributed by atoms with Gasteiger partial charge in [-0.25, -0.2) is 9.48 Å². The number of pyridine rings is 1. The van der Waals surface area contributed by atoms with E-state index in [2.05, 4.69) is 10.4 Å². The lowest BCUT2D eigenvalue weighted by molar-refractivity contribution is -0.116. The normalized spacial score (nSPS) is 10.7. The number of nitrogen functional groups attached to an aromatic ring is 1. The number of rotatable bonds is 3. The molecule has 0 fully saturated rings. The van der Waals surface area contributed by atoms with Gasteiger partial charge in [0, 0.05) is 6.20 Å². The number of benzene rings is 1. The topological polar surface area (TPSA) is 94.4 Å². The molecule has 21 heavy (non-hydrogen) atoms. The number of aromatic nitrogens is 3. The average Bonchev–Trinajstić information content (AvgIpc) is 2.78. The van der Waals surface area contributed by atoms with Crippen LogP contribution in [0.5, 0.6) is 0 Å². The Kier molecular flexibility index (Phi) is 3.15. The minimum absolute atomic E-state index is 0.172. The summed E-state index contributed by atoms with van der Waals surface area (Å²) in [5, 5.41) is 6.75. The van der Waals surface area contributed by atoms with Crippen molar-refractivity contribution in [1.29, 1.82) is 0 Å². The number of carbonyl (C=O) groups excluding carboxylic acids is 1. The van der Waals surface area contributed by atoms with Gasteiger partial charge in [0.2, 0.25) is 5.91 Å². The first-order chi connectivity index (χ1) is 10.1. The molecule has 0 atom stereocenters. The van der Waals surface area contributed by atoms with Gasteiger partial charge >= 0.3 is 5.69 Å². The molecule has 0 unspecified atom stereocenters. The predicted molar refractivity (Wildman–Crippen MR) is 78.9 cm³/mol. The number of nitrogens with one attached hydrogen (secondary N) is 1. The van der Waals surface area contributed by atoms with E-state index >= 15 is 0 Å². The minimum Gasteiger partial charge on any atom is -0.397 e. The van der Waals surface area contributed by atoms with Crippen LogP contribution < -0.4 is 16.7 Å². The van der Waals surface area contributed by atoms with Gasteiger partial charge in [-0.05, 0) is 24.3 Å². The second-order valence-corrected chi connectivity index (χ2v) is 4.50. The molecule has 7 heteroatoms. The third-order valence-electron chi connectivity index (χ3n) is 3.02. The molecule has 0 saturated carbocycles. The lowest BCUT2D eigenvalue weighted by Crippen LogP contribution is -2.28. The highest BCUT2D eigenvalue weighted by atomic mass is 16.2. The van der Waals surface area contributed by atoms with Gasteiger partial charge in [-0.1, -0.05) is 18.2 Å². The Labute approximate surface area is 119 Å². The predicted octanol–water partition coefficient (Wildman–Crippen LogP) is 0.717. The van der Waals surface area contributed by atoms with Crippen molar-refractivity contribution in [2.75, 3.05) is 11.1 Å². The van der Waals surface area contributed by atoms with Gasteiger partial charge in [-0.2, -0.15) is 0 Å². The number of hydrogen-bond acceptors (Lipinski definition) is 4. The van der Waals surface area contributed by atoms with Crippen molar-refractivity contribution in [3.05, 3.63) is 59.1 Å². The molecule has 7 nitrogen and oxygen atoms in total. The van der Waals surface area contributed by atoms with E-state index in [1.807, 2.05) is 0 Å². The van der Waals surface area contributed by atoms with Crippen molar-refractivity contribution >= 4 is 22.9 Å². The fourth-order valence-corrected chi connectivity index (χ4v) is 2.01. The Morgan fingerprint density at radius 1 is 1.19 bits per heavy atom. The van der Waals surface area contributed by atoms with E-state index in [0.29, 0.717) is 17.0 Å². The van der Waals surface area contributed by atoms with Gasteiger partial charge in [0.25, 0.3) is 0 Å². The molecule has 1 amide bonds. The minimum atomic E-state index is -0.363. The number of para-hydroxylation sites is 2. The van der Waals surface area contributed by atoms with Crippen molar-refractivity contribution in [3.63, 3.8) is 0 Å². The molecule has 0 saturated heterocycles. The van der Waals surface area contributed by atoms with Crippen LogP contribution in [0, 0.1) is 0 Å². The summed E-state index contributed by atoms with van der Waals surface area (Å²) in [4.78, 5) is 24.0. The summed E-state index contributed by atoms with van der Waals surface area (Å²) in [6.07, 6.45) is 1.61. The lowest BCUT2D eigenvalue weighted by Gasteiger charge is -2.07. The van der Waals surface area contributed by atoms with Crippen LogP contribution in [0.3, 0.4) is 0 Å². The summed E-state index contributed by atoms with van der Waals surface area (Å²) < 4.78 is 2.49. The molecule has 0 spiro atoms. The van der Waals surface area contributed by atoms with Gasteiger partial charge < -0.3 is 11.1 Å². The molecular weight excluding hydrogens is 270 g/mol. The Balaban J connectivity index is 1.82. The summed E-state index contributed by atoms with van der Waals surface area (Å²) >= 11 is 0. The van der Waals surface area contributed by atoms with E-state index in [0.717, 1.165) is 4.68 Å². The largest absolute Gasteiger partial charge is 0.397 e. The molecule has 3 rings (SSSR count). The van der Waals surface area contributed by atoms with E-state index in [-0.39, 0.29) is 18.1 Å². The molecule has 0 bridgehead atoms. The summed E-state index contributed by atoms with van der Waals surface area (Å²) in [7, 11) is 0. The van der Waals surface area contributed by atoms with Crippen LogP contribution in [0.15, 0.2) is 53.5 Å². The van der Waals surface area contributed by atoms with Crippen LogP contribution in [0.25, 0.3) is 5.65 Å². The van der Waals surface area contributed by atoms with Gasteiger partial charge in [0.05, 0.1) is 11.4 Å². The summed E-state index contributed by atoms with van der Waals surface area (Å²) in [6.45, 7) is -0.172. The smallest absolute Gasteiger partial charge is 0.350 e. The number of nitrogens with zero attached hydrogens (tertiary/aromatic N) is 3. The van der Waals surface area contributed by atoms with Gasteiger partial charge in [-0.15, -0.1) is 5.10 Å². The Hall–Kier alpha value is -3.09. The number of carbonyl (C=O) groups is 1. The number of nitrogens with two attached hydrogens (primary N) is 1. The Morgan fingerprint density at radius 3 is 2.71 bits per heavy atom. The van der Waals surface area contributed by atoms with Gasteiger partial charge in [0.15, 0.2) is 5.65 Å². The van der Waals surface area contributed by atoms with E-state index in [1.165, 1.54) is 4.40 Å². The van der Waals surface area contributed by atoms with E-state index in [1.54, 1.807) is 48.7 Å². The van der Waals surface area contributed by atoms with Gasteiger partial charge in [-0.3, -0.25) is 9.20 Å². The SMILES string of the molecule is Nc1ccccc1NC(=O)Cn1nc2ccccn2c1=O. The number of hydrogen-bond donors (Lipinski definition) is 2. The second-order valence-electron chi connectivity index (χ2n) is 4.50. The summed E-state index contributed by atoms with van der Waals surface area (Å²) in [5.74, 6) is -0.363. The Morgan fingerprint density at radius 2 is 1.95 bits per heavy atom. The summed E-state index contributed by atoms with van der Waals surface area (Å²) in [5.41, 5.74) is 6.87. The van der Waals surface area contributed by atoms with Gasteiger partial charge in [0.1, 0.15) is 6.54 Å². The zero-order chi connectivity index (χ0) is 14.8. The number of amides is 1. The third-order valence-corrected chi connectivity index (χ3v) is 3.02. The molecule has 106 valence electrons. The third kappa shape index (κ3) is 2.48. The quantitative estimate of drug-likeness (QED) is 0.692. The van der Waals surface area contributed by atoms with Crippen molar-refractivity contribution < 1.29 is 4.79 Å². The molecule has 2 heterocycles. The van der Waals surface area contributed by atoms with Crippen LogP contribution in [0.2, 0.25) is 0 Å². The molecule has 3 N–H and O–H groups in total. The number of fused-ring (bicyclic) bond motifs is 1. The van der Waals surface area contributed by atoms with Crippen LogP contribution in [-0.2, 0) is 11.3 Å². The molecular formula is C14H13N5O2. The monoisotopic (exact) mass is 283 g/mol. The van der Waals surface area contributed by atoms with E-state index < -0.39 is 0 Å². The molecule has 0 aliphatic heterocycles. The molecule has 2 aromatic heterocycles. The first kappa shape index (κ1) is 12.9. The van der Waals surface area contributed by atoms with Crippen LogP contribution in [-0.4, -0.2) is 20.1 Å². The maximum Gasteiger partial charge on any atom is 0.350 e. The summed E-state index contributed by atoms with van der Waals surface area (Å²) in [6, 6.07) is 12.1. The zero-order valence-electron chi connectivity index (χ0n) is 11.1. The maximum absolute atomic E-state index is 12.0. The molecule has 0 aliphatic rings. The van der Waals surface area contributed by atoms with Crippen molar-refractivity contribution in [1.82, 2.24) is 14.2 Å². The second kappa shape index (κ2) is 5.12. The zero-order valence-corrected chi connectivity index (χ0v) is 11.1. The van der Waals surface area contributed by atoms with Crippen LogP contribution >= 0.6 is 0 Å². The van der Waals surface area contributed by atoms with Crippen molar-refractivity contribution in [3.8, 4) is 0 Å². The highest BCUT2D eigenvalue weighted by Gasteiger charge is 2.11. The average molecular weight is 283 g/mol. The van der Waals surface area contributed by atoms with Crippen molar-refractivity contribution in [2.45, 2.75) is 6.54 Å². The standard InChI is InChI=1S/C14H13N5O2/c15-10-5-1-2-6-11(10)16-13(20)9-19-14(21)18-8-4-3-7-12(18)17-19/h1-8H,9,15H2,(H,16,20). The Bertz CT molecular complexity index is 865. The van der Waals surface area contributed by atoms with Crippen LogP contribution in [0.1, 0.15) is 0 Å². The highest BCUT2D eigenvalue weighted by Crippen LogP contribution is 2.16. The molecule has 3 aromatic rings. The fourth-order valence-electron chi connectivity index (χ4n) is 2.01. The van der Waals surface area contributed by atoms with E-state index in [9.17, 15) is 9.59 Å². The van der Waals surface area contributed by atoms with Crippen molar-refractivity contribution in [2.24, 2.45) is 0 Å². The molecule has 0 radical (unpaired) electrons. The fraction of sp³-hybridized carbons (Fsp3) is 0.0714. The first-order valence-electron chi connectivity index (χ1n) is 6.34. The number of anilines is 2.